The number of nitriles is 1. The van der Waals surface area contributed by atoms with Gasteiger partial charge in [-0.1, -0.05) is 13.8 Å². The van der Waals surface area contributed by atoms with Crippen molar-refractivity contribution in [3.63, 3.8) is 0 Å². The molecule has 0 bridgehead atoms. The van der Waals surface area contributed by atoms with Crippen LogP contribution in [0.25, 0.3) is 0 Å². The van der Waals surface area contributed by atoms with Crippen LogP contribution in [0.5, 0.6) is 0 Å². The number of carbonyl (C=O) groups is 1. The molecule has 2 atom stereocenters. The van der Waals surface area contributed by atoms with Crippen molar-refractivity contribution >= 4 is 5.91 Å². The van der Waals surface area contributed by atoms with Gasteiger partial charge in [0.15, 0.2) is 0 Å². The van der Waals surface area contributed by atoms with E-state index < -0.39 is 17.7 Å². The van der Waals surface area contributed by atoms with E-state index in [1.165, 1.54) is 4.90 Å². The van der Waals surface area contributed by atoms with E-state index in [4.69, 9.17) is 10.00 Å². The van der Waals surface area contributed by atoms with E-state index in [1.54, 1.807) is 6.07 Å². The summed E-state index contributed by atoms with van der Waals surface area (Å²) in [5, 5.41) is 8.52. The highest BCUT2D eigenvalue weighted by Gasteiger charge is 2.45. The lowest BCUT2D eigenvalue weighted by molar-refractivity contribution is -0.155. The molecular weight excluding hydrogens is 235 g/mol. The molecule has 0 aromatic rings. The Bertz CT molecular complexity index is 349. The number of alkyl halides is 1. The molecule has 0 saturated carbocycles. The summed E-state index contributed by atoms with van der Waals surface area (Å²) >= 11 is 0. The van der Waals surface area contributed by atoms with Crippen molar-refractivity contribution in [2.45, 2.75) is 52.5 Å². The van der Waals surface area contributed by atoms with Crippen LogP contribution in [-0.2, 0) is 9.53 Å². The van der Waals surface area contributed by atoms with Crippen LogP contribution in [0.2, 0.25) is 0 Å². The summed E-state index contributed by atoms with van der Waals surface area (Å²) in [6.45, 7) is 7.95. The Morgan fingerprint density at radius 3 is 2.67 bits per heavy atom. The lowest BCUT2D eigenvalue weighted by Gasteiger charge is -2.46. The van der Waals surface area contributed by atoms with E-state index in [9.17, 15) is 9.18 Å². The lowest BCUT2D eigenvalue weighted by Crippen LogP contribution is -2.58. The summed E-state index contributed by atoms with van der Waals surface area (Å²) in [4.78, 5) is 13.1. The maximum atomic E-state index is 14.2. The summed E-state index contributed by atoms with van der Waals surface area (Å²) < 4.78 is 19.8. The fourth-order valence-electron chi connectivity index (χ4n) is 2.37. The minimum Gasteiger partial charge on any atom is -0.372 e. The molecule has 0 aromatic heterocycles. The molecule has 5 heteroatoms. The second-order valence-electron chi connectivity index (χ2n) is 5.72. The monoisotopic (exact) mass is 256 g/mol. The van der Waals surface area contributed by atoms with Crippen molar-refractivity contribution in [1.82, 2.24) is 4.90 Å². The van der Waals surface area contributed by atoms with Crippen LogP contribution in [0.4, 0.5) is 4.39 Å². The third-order valence-electron chi connectivity index (χ3n) is 3.09. The first kappa shape index (κ1) is 14.9. The van der Waals surface area contributed by atoms with E-state index in [1.807, 2.05) is 27.7 Å². The first-order valence-corrected chi connectivity index (χ1v) is 6.22. The molecule has 4 nitrogen and oxygen atoms in total. The molecular formula is C13H21FN2O2. The number of hydrogen-bond donors (Lipinski definition) is 0. The predicted molar refractivity (Wildman–Crippen MR) is 65.5 cm³/mol. The van der Waals surface area contributed by atoms with Crippen LogP contribution in [0, 0.1) is 16.7 Å². The Hall–Kier alpha value is -1.15. The largest absolute Gasteiger partial charge is 0.372 e. The van der Waals surface area contributed by atoms with Crippen molar-refractivity contribution in [2.24, 2.45) is 5.41 Å². The summed E-state index contributed by atoms with van der Waals surface area (Å²) in [5.41, 5.74) is -0.451. The van der Waals surface area contributed by atoms with Gasteiger partial charge in [0.05, 0.1) is 24.8 Å². The normalized spacial score (nSPS) is 27.1. The lowest BCUT2D eigenvalue weighted by atomic mass is 9.80. The van der Waals surface area contributed by atoms with Gasteiger partial charge in [0.1, 0.15) is 12.6 Å². The molecule has 0 N–H and O–H groups in total. The minimum atomic E-state index is -1.21. The average Bonchev–Trinajstić information content (AvgIpc) is 2.23. The first-order chi connectivity index (χ1) is 8.27. The van der Waals surface area contributed by atoms with Gasteiger partial charge in [0.25, 0.3) is 0 Å². The summed E-state index contributed by atoms with van der Waals surface area (Å²) in [6, 6.07) is 1.81. The van der Waals surface area contributed by atoms with Crippen molar-refractivity contribution in [2.75, 3.05) is 13.1 Å². The van der Waals surface area contributed by atoms with E-state index in [0.717, 1.165) is 0 Å². The van der Waals surface area contributed by atoms with Crippen LogP contribution in [-0.4, -0.2) is 42.3 Å². The van der Waals surface area contributed by atoms with Gasteiger partial charge in [-0.2, -0.15) is 5.26 Å². The molecule has 0 unspecified atom stereocenters. The molecule has 102 valence electrons. The van der Waals surface area contributed by atoms with E-state index >= 15 is 0 Å². The zero-order chi connectivity index (χ0) is 13.9. The average molecular weight is 256 g/mol. The van der Waals surface area contributed by atoms with Gasteiger partial charge >= 0.3 is 0 Å². The highest BCUT2D eigenvalue weighted by atomic mass is 19.1. The van der Waals surface area contributed by atoms with Crippen LogP contribution < -0.4 is 0 Å². The molecule has 1 rings (SSSR count). The molecule has 0 aromatic carbocycles. The molecule has 18 heavy (non-hydrogen) atoms. The van der Waals surface area contributed by atoms with Gasteiger partial charge < -0.3 is 9.64 Å². The maximum absolute atomic E-state index is 14.2. The Kier molecular flexibility index (Phi) is 4.69. The molecule has 1 heterocycles. The fraction of sp³-hybridized carbons (Fsp3) is 0.846. The van der Waals surface area contributed by atoms with Gasteiger partial charge in [-0.15, -0.1) is 0 Å². The molecule has 1 amide bonds. The van der Waals surface area contributed by atoms with Gasteiger partial charge in [0, 0.05) is 12.0 Å². The number of halogens is 1. The fourth-order valence-corrected chi connectivity index (χ4v) is 2.37. The first-order valence-electron chi connectivity index (χ1n) is 6.22. The Morgan fingerprint density at radius 1 is 1.61 bits per heavy atom. The molecule has 0 radical (unpaired) electrons. The number of likely N-dealkylation sites (tertiary alicyclic amines) is 1. The molecule has 0 aliphatic carbocycles. The molecule has 1 aliphatic rings. The third-order valence-corrected chi connectivity index (χ3v) is 3.09. The van der Waals surface area contributed by atoms with E-state index in [2.05, 4.69) is 0 Å². The number of ether oxygens (including phenoxy) is 1. The van der Waals surface area contributed by atoms with Crippen molar-refractivity contribution in [3.05, 3.63) is 0 Å². The second kappa shape index (κ2) is 5.66. The number of amides is 1. The number of carbonyl (C=O) groups excluding carboxylic acids is 1. The SMILES string of the molecule is CC(C)O[C@H]1[C@@H](F)CN(C(=O)CC#N)CC1(C)C. The highest BCUT2D eigenvalue weighted by molar-refractivity contribution is 5.78. The Morgan fingerprint density at radius 2 is 2.22 bits per heavy atom. The van der Waals surface area contributed by atoms with Gasteiger partial charge in [0.2, 0.25) is 5.91 Å². The Balaban J connectivity index is 2.77. The van der Waals surface area contributed by atoms with Crippen molar-refractivity contribution in [3.8, 4) is 6.07 Å². The smallest absolute Gasteiger partial charge is 0.236 e. The van der Waals surface area contributed by atoms with Gasteiger partial charge in [-0.05, 0) is 13.8 Å². The minimum absolute atomic E-state index is 0.0152. The molecule has 0 spiro atoms. The second-order valence-corrected chi connectivity index (χ2v) is 5.72. The topological polar surface area (TPSA) is 53.3 Å². The van der Waals surface area contributed by atoms with Crippen LogP contribution in [0.15, 0.2) is 0 Å². The van der Waals surface area contributed by atoms with Crippen LogP contribution in [0.1, 0.15) is 34.1 Å². The predicted octanol–water partition coefficient (Wildman–Crippen LogP) is 1.90. The molecule has 1 aliphatic heterocycles. The number of nitrogens with zero attached hydrogens (tertiary/aromatic N) is 2. The van der Waals surface area contributed by atoms with E-state index in [-0.39, 0.29) is 25.0 Å². The van der Waals surface area contributed by atoms with Crippen LogP contribution >= 0.6 is 0 Å². The van der Waals surface area contributed by atoms with E-state index in [0.29, 0.717) is 6.54 Å². The zero-order valence-electron chi connectivity index (χ0n) is 11.4. The summed E-state index contributed by atoms with van der Waals surface area (Å²) in [7, 11) is 0. The third kappa shape index (κ3) is 3.42. The quantitative estimate of drug-likeness (QED) is 0.775. The number of piperidine rings is 1. The summed E-state index contributed by atoms with van der Waals surface area (Å²) in [5.74, 6) is -0.309. The number of hydrogen-bond acceptors (Lipinski definition) is 3. The standard InChI is InChI=1S/C13H21FN2O2/c1-9(2)18-12-10(14)7-16(8-13(12,3)4)11(17)5-6-15/h9-10,12H,5,7-8H2,1-4H3/t10-,12-/m0/s1. The van der Waals surface area contributed by atoms with Gasteiger partial charge in [-0.25, -0.2) is 4.39 Å². The van der Waals surface area contributed by atoms with Crippen molar-refractivity contribution in [1.29, 1.82) is 5.26 Å². The molecule has 1 fully saturated rings. The van der Waals surface area contributed by atoms with Crippen LogP contribution in [0.3, 0.4) is 0 Å². The summed E-state index contributed by atoms with van der Waals surface area (Å²) in [6.07, 6.45) is -1.96. The zero-order valence-corrected chi connectivity index (χ0v) is 11.4. The van der Waals surface area contributed by atoms with Gasteiger partial charge in [-0.3, -0.25) is 4.79 Å². The van der Waals surface area contributed by atoms with Crippen molar-refractivity contribution < 1.29 is 13.9 Å². The number of rotatable bonds is 3. The Labute approximate surface area is 108 Å². The maximum Gasteiger partial charge on any atom is 0.236 e. The molecule has 1 saturated heterocycles. The highest BCUT2D eigenvalue weighted by Crippen LogP contribution is 2.34.